The highest BCUT2D eigenvalue weighted by Gasteiger charge is 2.12. The predicted molar refractivity (Wildman–Crippen MR) is 117 cm³/mol. The molecule has 0 fully saturated rings. The first kappa shape index (κ1) is 23.4. The minimum atomic E-state index is -0.861. The number of carbonyl (C=O) groups excluding carboxylic acids is 3. The van der Waals surface area contributed by atoms with E-state index in [-0.39, 0.29) is 12.5 Å². The van der Waals surface area contributed by atoms with Gasteiger partial charge in [0, 0.05) is 12.2 Å². The number of anilines is 1. The minimum Gasteiger partial charge on any atom is -0.493 e. The van der Waals surface area contributed by atoms with Gasteiger partial charge in [-0.3, -0.25) is 14.4 Å². The summed E-state index contributed by atoms with van der Waals surface area (Å²) in [6.45, 7) is 5.70. The molecule has 0 saturated heterocycles. The van der Waals surface area contributed by atoms with Crippen molar-refractivity contribution in [2.24, 2.45) is 5.10 Å². The molecule has 9 nitrogen and oxygen atoms in total. The SMILES string of the molecule is CCNC(=O)C(=O)N/N=C\c1ccc(OCC(=O)Nc2c(C)cccc2C)c(OC)c1. The number of methoxy groups -OCH3 is 1. The number of rotatable bonds is 8. The predicted octanol–water partition coefficient (Wildman–Crippen LogP) is 1.92. The lowest BCUT2D eigenvalue weighted by Gasteiger charge is -2.13. The van der Waals surface area contributed by atoms with E-state index in [4.69, 9.17) is 9.47 Å². The second kappa shape index (κ2) is 11.3. The summed E-state index contributed by atoms with van der Waals surface area (Å²) in [6.07, 6.45) is 1.36. The van der Waals surface area contributed by atoms with E-state index in [1.54, 1.807) is 25.1 Å². The molecular formula is C22H26N4O5. The van der Waals surface area contributed by atoms with Gasteiger partial charge in [-0.25, -0.2) is 5.43 Å². The molecule has 0 atom stereocenters. The summed E-state index contributed by atoms with van der Waals surface area (Å²) >= 11 is 0. The maximum atomic E-state index is 12.3. The molecule has 0 aliphatic rings. The number of hydrogen-bond acceptors (Lipinski definition) is 6. The van der Waals surface area contributed by atoms with Crippen molar-refractivity contribution in [1.82, 2.24) is 10.7 Å². The van der Waals surface area contributed by atoms with E-state index in [2.05, 4.69) is 21.2 Å². The van der Waals surface area contributed by atoms with Crippen LogP contribution in [0.2, 0.25) is 0 Å². The Morgan fingerprint density at radius 1 is 1.03 bits per heavy atom. The monoisotopic (exact) mass is 426 g/mol. The van der Waals surface area contributed by atoms with Crippen LogP contribution in [0.4, 0.5) is 5.69 Å². The number of amides is 3. The van der Waals surface area contributed by atoms with Gasteiger partial charge in [0.25, 0.3) is 5.91 Å². The molecular weight excluding hydrogens is 400 g/mol. The number of carbonyl (C=O) groups is 3. The maximum Gasteiger partial charge on any atom is 0.329 e. The van der Waals surface area contributed by atoms with Crippen molar-refractivity contribution >= 4 is 29.6 Å². The van der Waals surface area contributed by atoms with Crippen molar-refractivity contribution in [3.8, 4) is 11.5 Å². The molecule has 2 rings (SSSR count). The van der Waals surface area contributed by atoms with Crippen LogP contribution in [0, 0.1) is 13.8 Å². The maximum absolute atomic E-state index is 12.3. The summed E-state index contributed by atoms with van der Waals surface area (Å²) in [7, 11) is 1.47. The van der Waals surface area contributed by atoms with Crippen molar-refractivity contribution in [2.75, 3.05) is 25.6 Å². The van der Waals surface area contributed by atoms with E-state index in [0.717, 1.165) is 16.8 Å². The third-order valence-corrected chi connectivity index (χ3v) is 4.22. The van der Waals surface area contributed by atoms with Crippen LogP contribution < -0.4 is 25.5 Å². The van der Waals surface area contributed by atoms with Crippen LogP contribution in [0.15, 0.2) is 41.5 Å². The van der Waals surface area contributed by atoms with Gasteiger partial charge in [0.05, 0.1) is 13.3 Å². The standard InChI is InChI=1S/C22H26N4O5/c1-5-23-21(28)22(29)26-24-12-16-9-10-17(18(11-16)30-4)31-13-19(27)25-20-14(2)7-6-8-15(20)3/h6-12H,5,13H2,1-4H3,(H,23,28)(H,25,27)(H,26,29)/b24-12-. The van der Waals surface area contributed by atoms with Crippen molar-refractivity contribution in [1.29, 1.82) is 0 Å². The molecule has 0 aromatic heterocycles. The van der Waals surface area contributed by atoms with Gasteiger partial charge in [-0.15, -0.1) is 0 Å². The molecule has 0 saturated carbocycles. The number of likely N-dealkylation sites (N-methyl/N-ethyl adjacent to an activating group) is 1. The van der Waals surface area contributed by atoms with Gasteiger partial charge in [0.15, 0.2) is 18.1 Å². The molecule has 9 heteroatoms. The average molecular weight is 426 g/mol. The fourth-order valence-corrected chi connectivity index (χ4v) is 2.67. The fraction of sp³-hybridized carbons (Fsp3) is 0.273. The zero-order chi connectivity index (χ0) is 22.8. The van der Waals surface area contributed by atoms with Crippen LogP contribution in [0.5, 0.6) is 11.5 Å². The minimum absolute atomic E-state index is 0.194. The first-order valence-electron chi connectivity index (χ1n) is 9.63. The molecule has 0 heterocycles. The first-order chi connectivity index (χ1) is 14.8. The van der Waals surface area contributed by atoms with Crippen LogP contribution in [0.1, 0.15) is 23.6 Å². The third kappa shape index (κ3) is 6.84. The van der Waals surface area contributed by atoms with Crippen LogP contribution in [0.3, 0.4) is 0 Å². The molecule has 0 unspecified atom stereocenters. The van der Waals surface area contributed by atoms with E-state index in [0.29, 0.717) is 23.6 Å². The van der Waals surface area contributed by atoms with Crippen molar-refractivity contribution < 1.29 is 23.9 Å². The lowest BCUT2D eigenvalue weighted by molar-refractivity contribution is -0.139. The Kier molecular flexibility index (Phi) is 8.56. The zero-order valence-corrected chi connectivity index (χ0v) is 17.9. The first-order valence-corrected chi connectivity index (χ1v) is 9.63. The molecule has 2 aromatic rings. The summed E-state index contributed by atoms with van der Waals surface area (Å²) in [5.41, 5.74) is 5.43. The Balaban J connectivity index is 1.97. The Morgan fingerprint density at radius 2 is 1.74 bits per heavy atom. The highest BCUT2D eigenvalue weighted by Crippen LogP contribution is 2.27. The van der Waals surface area contributed by atoms with E-state index >= 15 is 0 Å². The number of hydrazone groups is 1. The highest BCUT2D eigenvalue weighted by molar-refractivity contribution is 6.35. The largest absolute Gasteiger partial charge is 0.493 e. The summed E-state index contributed by atoms with van der Waals surface area (Å²) in [4.78, 5) is 35.1. The molecule has 0 spiro atoms. The van der Waals surface area contributed by atoms with Crippen molar-refractivity contribution in [2.45, 2.75) is 20.8 Å². The van der Waals surface area contributed by atoms with Crippen molar-refractivity contribution in [3.63, 3.8) is 0 Å². The lowest BCUT2D eigenvalue weighted by atomic mass is 10.1. The Labute approximate surface area is 180 Å². The summed E-state index contributed by atoms with van der Waals surface area (Å²) in [6, 6.07) is 10.7. The van der Waals surface area contributed by atoms with Gasteiger partial charge in [0.1, 0.15) is 0 Å². The number of aryl methyl sites for hydroxylation is 2. The molecule has 2 aromatic carbocycles. The zero-order valence-electron chi connectivity index (χ0n) is 17.9. The third-order valence-electron chi connectivity index (χ3n) is 4.22. The van der Waals surface area contributed by atoms with Crippen LogP contribution >= 0.6 is 0 Å². The summed E-state index contributed by atoms with van der Waals surface area (Å²) < 4.78 is 10.9. The summed E-state index contributed by atoms with van der Waals surface area (Å²) in [5, 5.41) is 8.97. The van der Waals surface area contributed by atoms with Gasteiger partial charge >= 0.3 is 11.8 Å². The number of para-hydroxylation sites is 1. The molecule has 31 heavy (non-hydrogen) atoms. The summed E-state index contributed by atoms with van der Waals surface area (Å²) in [5.74, 6) is -1.15. The fourth-order valence-electron chi connectivity index (χ4n) is 2.67. The molecule has 0 bridgehead atoms. The van der Waals surface area contributed by atoms with Crippen LogP contribution in [0.25, 0.3) is 0 Å². The van der Waals surface area contributed by atoms with Gasteiger partial charge < -0.3 is 20.1 Å². The quantitative estimate of drug-likeness (QED) is 0.339. The van der Waals surface area contributed by atoms with Gasteiger partial charge in [-0.2, -0.15) is 5.10 Å². The lowest BCUT2D eigenvalue weighted by Crippen LogP contribution is -2.37. The average Bonchev–Trinajstić information content (AvgIpc) is 2.75. The number of benzene rings is 2. The Bertz CT molecular complexity index is 968. The smallest absolute Gasteiger partial charge is 0.329 e. The second-order valence-electron chi connectivity index (χ2n) is 6.57. The van der Waals surface area contributed by atoms with Crippen molar-refractivity contribution in [3.05, 3.63) is 53.1 Å². The second-order valence-corrected chi connectivity index (χ2v) is 6.57. The number of nitrogens with zero attached hydrogens (tertiary/aromatic N) is 1. The Hall–Kier alpha value is -3.88. The van der Waals surface area contributed by atoms with E-state index in [1.165, 1.54) is 13.3 Å². The van der Waals surface area contributed by atoms with E-state index in [1.807, 2.05) is 32.0 Å². The Morgan fingerprint density at radius 3 is 2.39 bits per heavy atom. The number of hydrogen-bond donors (Lipinski definition) is 3. The molecule has 3 amide bonds. The topological polar surface area (TPSA) is 118 Å². The molecule has 3 N–H and O–H groups in total. The van der Waals surface area contributed by atoms with Gasteiger partial charge in [0.2, 0.25) is 0 Å². The molecule has 0 aliphatic heterocycles. The van der Waals surface area contributed by atoms with Crippen LogP contribution in [-0.2, 0) is 14.4 Å². The van der Waals surface area contributed by atoms with E-state index in [9.17, 15) is 14.4 Å². The molecule has 0 radical (unpaired) electrons. The van der Waals surface area contributed by atoms with Crippen LogP contribution in [-0.4, -0.2) is 44.2 Å². The number of ether oxygens (including phenoxy) is 2. The van der Waals surface area contributed by atoms with E-state index < -0.39 is 11.8 Å². The molecule has 0 aliphatic carbocycles. The van der Waals surface area contributed by atoms with Gasteiger partial charge in [-0.05, 0) is 55.7 Å². The number of nitrogens with one attached hydrogen (secondary N) is 3. The normalized spacial score (nSPS) is 10.5. The highest BCUT2D eigenvalue weighted by atomic mass is 16.5. The molecule has 164 valence electrons. The van der Waals surface area contributed by atoms with Gasteiger partial charge in [-0.1, -0.05) is 18.2 Å².